The highest BCUT2D eigenvalue weighted by molar-refractivity contribution is 6.33. The van der Waals surface area contributed by atoms with Crippen molar-refractivity contribution in [1.29, 1.82) is 0 Å². The molecule has 9 heteroatoms. The van der Waals surface area contributed by atoms with E-state index in [1.54, 1.807) is 0 Å². The summed E-state index contributed by atoms with van der Waals surface area (Å²) in [6.45, 7) is 6.20. The number of rotatable bonds is 13. The summed E-state index contributed by atoms with van der Waals surface area (Å²) < 4.78 is 11.3. The molecule has 1 aromatic carbocycles. The van der Waals surface area contributed by atoms with Gasteiger partial charge in [0.15, 0.2) is 17.2 Å². The Labute approximate surface area is 226 Å². The van der Waals surface area contributed by atoms with Crippen LogP contribution in [0.2, 0.25) is 10.0 Å². The Bertz CT molecular complexity index is 1280. The number of ketones is 1. The summed E-state index contributed by atoms with van der Waals surface area (Å²) in [7, 11) is 0. The average Bonchev–Trinajstić information content (AvgIpc) is 3.47. The summed E-state index contributed by atoms with van der Waals surface area (Å²) in [6.07, 6.45) is 3.97. The quantitative estimate of drug-likeness (QED) is 0.235. The fraction of sp³-hybridized carbons (Fsp3) is 0.500. The van der Waals surface area contributed by atoms with Gasteiger partial charge in [-0.05, 0) is 61.6 Å². The summed E-state index contributed by atoms with van der Waals surface area (Å²) in [5, 5.41) is 18.9. The number of hydrogen-bond acceptors (Lipinski definition) is 6. The predicted octanol–water partition coefficient (Wildman–Crippen LogP) is 7.56. The second-order valence-corrected chi connectivity index (χ2v) is 11.2. The Hall–Kier alpha value is -2.64. The smallest absolute Gasteiger partial charge is 0.303 e. The molecule has 1 saturated carbocycles. The number of halogens is 2. The number of Topliss-reactive ketones (excluding diaryl/α,β-unsaturated/α-hetero) is 1. The maximum Gasteiger partial charge on any atom is 0.303 e. The van der Waals surface area contributed by atoms with Crippen molar-refractivity contribution in [2.45, 2.75) is 84.0 Å². The van der Waals surface area contributed by atoms with Gasteiger partial charge in [-0.3, -0.25) is 9.59 Å². The molecule has 0 radical (unpaired) electrons. The van der Waals surface area contributed by atoms with Crippen LogP contribution in [-0.4, -0.2) is 27.2 Å². The Morgan fingerprint density at radius 2 is 1.89 bits per heavy atom. The lowest BCUT2D eigenvalue weighted by Gasteiger charge is -2.15. The molecule has 2 heterocycles. The van der Waals surface area contributed by atoms with E-state index in [9.17, 15) is 14.7 Å². The summed E-state index contributed by atoms with van der Waals surface area (Å²) >= 11 is 13.0. The van der Waals surface area contributed by atoms with E-state index in [2.05, 4.69) is 24.2 Å². The fourth-order valence-electron chi connectivity index (χ4n) is 4.56. The van der Waals surface area contributed by atoms with Crippen LogP contribution < -0.4 is 0 Å². The number of hydrogen-bond donors (Lipinski definition) is 1. The first-order valence-electron chi connectivity index (χ1n) is 12.8. The fourth-order valence-corrected chi connectivity index (χ4v) is 5.11. The number of aliphatic carboxylic acids is 1. The molecule has 0 bridgehead atoms. The van der Waals surface area contributed by atoms with Crippen molar-refractivity contribution in [3.05, 3.63) is 56.4 Å². The number of carbonyl (C=O) groups is 2. The first-order valence-corrected chi connectivity index (χ1v) is 13.5. The van der Waals surface area contributed by atoms with Crippen molar-refractivity contribution < 1.29 is 23.7 Å². The molecule has 1 N–H and O–H groups in total. The van der Waals surface area contributed by atoms with Gasteiger partial charge in [-0.25, -0.2) is 0 Å². The zero-order chi connectivity index (χ0) is 26.7. The Morgan fingerprint density at radius 3 is 2.54 bits per heavy atom. The van der Waals surface area contributed by atoms with E-state index < -0.39 is 11.9 Å². The molecular weight excluding hydrogens is 515 g/mol. The monoisotopic (exact) mass is 546 g/mol. The summed E-state index contributed by atoms with van der Waals surface area (Å²) in [5.74, 6) is 0.386. The number of aryl methyl sites for hydroxylation is 2. The van der Waals surface area contributed by atoms with Gasteiger partial charge < -0.3 is 14.2 Å². The zero-order valence-electron chi connectivity index (χ0n) is 21.4. The second kappa shape index (κ2) is 11.8. The molecule has 0 aliphatic heterocycles. The number of carboxylic acids is 1. The van der Waals surface area contributed by atoms with Gasteiger partial charge in [0.05, 0.1) is 5.69 Å². The highest BCUT2D eigenvalue weighted by Gasteiger charge is 2.38. The molecule has 0 saturated heterocycles. The van der Waals surface area contributed by atoms with Crippen LogP contribution in [0.3, 0.4) is 0 Å². The van der Waals surface area contributed by atoms with Gasteiger partial charge in [0.25, 0.3) is 0 Å². The molecule has 3 aromatic rings. The third-order valence-corrected chi connectivity index (χ3v) is 7.51. The van der Waals surface area contributed by atoms with Gasteiger partial charge in [-0.1, -0.05) is 59.5 Å². The van der Waals surface area contributed by atoms with Gasteiger partial charge in [0.2, 0.25) is 0 Å². The maximum absolute atomic E-state index is 13.1. The van der Waals surface area contributed by atoms with Crippen LogP contribution in [0, 0.1) is 12.8 Å². The Balaban J connectivity index is 1.62. The summed E-state index contributed by atoms with van der Waals surface area (Å²) in [6, 6.07) is 5.61. The minimum Gasteiger partial charge on any atom is -0.481 e. The van der Waals surface area contributed by atoms with E-state index >= 15 is 0 Å². The van der Waals surface area contributed by atoms with Gasteiger partial charge >= 0.3 is 5.97 Å². The number of carboxylic acid groups (broad SMARTS) is 1. The molecule has 1 aliphatic rings. The van der Waals surface area contributed by atoms with Crippen LogP contribution in [0.5, 0.6) is 0 Å². The highest BCUT2D eigenvalue weighted by Crippen LogP contribution is 2.49. The van der Waals surface area contributed by atoms with E-state index in [4.69, 9.17) is 32.2 Å². The van der Waals surface area contributed by atoms with E-state index in [0.717, 1.165) is 36.0 Å². The largest absolute Gasteiger partial charge is 0.481 e. The van der Waals surface area contributed by atoms with Crippen LogP contribution in [0.1, 0.15) is 92.4 Å². The molecule has 0 amide bonds. The highest BCUT2D eigenvalue weighted by atomic mass is 35.5. The van der Waals surface area contributed by atoms with Crippen LogP contribution in [0.4, 0.5) is 0 Å². The minimum absolute atomic E-state index is 0.0390. The molecule has 2 aromatic heterocycles. The van der Waals surface area contributed by atoms with Gasteiger partial charge in [-0.2, -0.15) is 0 Å². The number of benzene rings is 1. The van der Waals surface area contributed by atoms with Gasteiger partial charge in [-0.15, -0.1) is 0 Å². The minimum atomic E-state index is -0.926. The molecule has 7 nitrogen and oxygen atoms in total. The summed E-state index contributed by atoms with van der Waals surface area (Å²) in [5.41, 5.74) is 3.66. The molecule has 1 atom stereocenters. The first kappa shape index (κ1) is 27.4. The number of aromatic nitrogens is 2. The van der Waals surface area contributed by atoms with Crippen molar-refractivity contribution in [1.82, 2.24) is 10.3 Å². The summed E-state index contributed by atoms with van der Waals surface area (Å²) in [4.78, 5) is 24.5. The van der Waals surface area contributed by atoms with Crippen LogP contribution >= 0.6 is 23.2 Å². The SMILES string of the molecule is Cc1ccc(CC(=O)C[C@H](CCC(=O)O)c2noc(-c3noc(CCC(C)C)c3Cl)c2C2CC2)c(Cl)c1. The molecule has 198 valence electrons. The van der Waals surface area contributed by atoms with E-state index in [0.29, 0.717) is 45.3 Å². The van der Waals surface area contributed by atoms with Crippen molar-refractivity contribution in [2.75, 3.05) is 0 Å². The molecular formula is C28H32Cl2N2O5. The molecule has 4 rings (SSSR count). The molecule has 0 spiro atoms. The lowest BCUT2D eigenvalue weighted by Crippen LogP contribution is -2.13. The Kier molecular flexibility index (Phi) is 8.75. The van der Waals surface area contributed by atoms with Crippen molar-refractivity contribution >= 4 is 35.0 Å². The zero-order valence-corrected chi connectivity index (χ0v) is 22.9. The predicted molar refractivity (Wildman–Crippen MR) is 141 cm³/mol. The van der Waals surface area contributed by atoms with Crippen molar-refractivity contribution in [3.63, 3.8) is 0 Å². The molecule has 37 heavy (non-hydrogen) atoms. The van der Waals surface area contributed by atoms with Gasteiger partial charge in [0, 0.05) is 42.2 Å². The second-order valence-electron chi connectivity index (χ2n) is 10.4. The Morgan fingerprint density at radius 1 is 1.14 bits per heavy atom. The van der Waals surface area contributed by atoms with Crippen LogP contribution in [-0.2, 0) is 22.4 Å². The number of nitrogens with zero attached hydrogens (tertiary/aromatic N) is 2. The van der Waals surface area contributed by atoms with Crippen LogP contribution in [0.25, 0.3) is 11.5 Å². The van der Waals surface area contributed by atoms with Crippen molar-refractivity contribution in [3.8, 4) is 11.5 Å². The molecule has 1 fully saturated rings. The van der Waals surface area contributed by atoms with E-state index in [-0.39, 0.29) is 37.4 Å². The topological polar surface area (TPSA) is 106 Å². The van der Waals surface area contributed by atoms with Crippen LogP contribution in [0.15, 0.2) is 27.2 Å². The van der Waals surface area contributed by atoms with E-state index in [1.165, 1.54) is 0 Å². The third kappa shape index (κ3) is 6.82. The van der Waals surface area contributed by atoms with E-state index in [1.807, 2.05) is 25.1 Å². The van der Waals surface area contributed by atoms with Gasteiger partial charge in [0.1, 0.15) is 10.8 Å². The first-order chi connectivity index (χ1) is 17.6. The lowest BCUT2D eigenvalue weighted by molar-refractivity contribution is -0.137. The standard InChI is InChI=1S/C28H32Cl2N2O5/c1-15(2)4-10-22-25(30)27(32-36-22)28-24(17-7-8-17)26(31-37-28)19(9-11-23(34)35)14-20(33)13-18-6-5-16(3)12-21(18)29/h5-6,12,15,17,19H,4,7-11,13-14H2,1-3H3,(H,34,35)/t19-/m0/s1. The number of carbonyl (C=O) groups excluding carboxylic acids is 1. The lowest BCUT2D eigenvalue weighted by atomic mass is 9.87. The molecule has 1 aliphatic carbocycles. The third-order valence-electron chi connectivity index (χ3n) is 6.77. The molecule has 0 unspecified atom stereocenters. The normalized spacial score (nSPS) is 14.3. The maximum atomic E-state index is 13.1. The van der Waals surface area contributed by atoms with Crippen molar-refractivity contribution in [2.24, 2.45) is 5.92 Å². The average molecular weight is 547 g/mol.